The standard InChI is InChI=1S/C10H18N4O4S/c1-7(4-5-11)12-19(17,18)8-6-13(2)10(16)14(3)9(8)15/h6-7,12H,4-5,11H2,1-3H3. The third-order valence-corrected chi connectivity index (χ3v) is 4.23. The van der Waals surface area contributed by atoms with Crippen molar-refractivity contribution < 1.29 is 8.42 Å². The van der Waals surface area contributed by atoms with Crippen molar-refractivity contribution in [1.82, 2.24) is 13.9 Å². The van der Waals surface area contributed by atoms with Gasteiger partial charge >= 0.3 is 5.69 Å². The van der Waals surface area contributed by atoms with Crippen LogP contribution in [0.5, 0.6) is 0 Å². The molecule has 0 aliphatic heterocycles. The fourth-order valence-electron chi connectivity index (χ4n) is 1.60. The van der Waals surface area contributed by atoms with Gasteiger partial charge in [-0.2, -0.15) is 0 Å². The summed E-state index contributed by atoms with van der Waals surface area (Å²) in [5.41, 5.74) is 3.90. The second-order valence-electron chi connectivity index (χ2n) is 4.35. The molecule has 9 heteroatoms. The Morgan fingerprint density at radius 2 is 1.95 bits per heavy atom. The van der Waals surface area contributed by atoms with Crippen LogP contribution in [0.4, 0.5) is 0 Å². The lowest BCUT2D eigenvalue weighted by Crippen LogP contribution is -2.43. The molecule has 0 aromatic carbocycles. The van der Waals surface area contributed by atoms with Gasteiger partial charge in [-0.3, -0.25) is 9.36 Å². The second kappa shape index (κ2) is 5.68. The zero-order valence-electron chi connectivity index (χ0n) is 11.1. The van der Waals surface area contributed by atoms with Crippen LogP contribution in [0.3, 0.4) is 0 Å². The molecule has 0 aliphatic rings. The minimum atomic E-state index is -3.97. The Kier molecular flexibility index (Phi) is 4.66. The van der Waals surface area contributed by atoms with Crippen molar-refractivity contribution in [3.63, 3.8) is 0 Å². The molecule has 108 valence electrons. The maximum absolute atomic E-state index is 12.1. The number of sulfonamides is 1. The molecule has 1 aromatic rings. The highest BCUT2D eigenvalue weighted by atomic mass is 32.2. The molecule has 0 radical (unpaired) electrons. The number of nitrogens with zero attached hydrogens (tertiary/aromatic N) is 2. The van der Waals surface area contributed by atoms with E-state index in [9.17, 15) is 18.0 Å². The SMILES string of the molecule is CC(CCN)NS(=O)(=O)c1cn(C)c(=O)n(C)c1=O. The molecule has 1 rings (SSSR count). The maximum atomic E-state index is 12.1. The highest BCUT2D eigenvalue weighted by Crippen LogP contribution is 2.02. The minimum Gasteiger partial charge on any atom is -0.330 e. The monoisotopic (exact) mass is 290 g/mol. The quantitative estimate of drug-likeness (QED) is 0.657. The van der Waals surface area contributed by atoms with Crippen LogP contribution in [0.2, 0.25) is 0 Å². The lowest BCUT2D eigenvalue weighted by atomic mass is 10.3. The first-order valence-electron chi connectivity index (χ1n) is 5.69. The molecule has 0 amide bonds. The molecular weight excluding hydrogens is 272 g/mol. The summed E-state index contributed by atoms with van der Waals surface area (Å²) in [6.07, 6.45) is 1.47. The molecule has 1 atom stereocenters. The van der Waals surface area contributed by atoms with Gasteiger partial charge in [-0.05, 0) is 19.9 Å². The van der Waals surface area contributed by atoms with Crippen LogP contribution in [0.15, 0.2) is 20.7 Å². The first-order chi connectivity index (χ1) is 8.70. The highest BCUT2D eigenvalue weighted by molar-refractivity contribution is 7.89. The van der Waals surface area contributed by atoms with E-state index in [0.29, 0.717) is 13.0 Å². The molecule has 8 nitrogen and oxygen atoms in total. The predicted molar refractivity (Wildman–Crippen MR) is 70.4 cm³/mol. The highest BCUT2D eigenvalue weighted by Gasteiger charge is 2.22. The molecule has 1 aromatic heterocycles. The maximum Gasteiger partial charge on any atom is 0.330 e. The van der Waals surface area contributed by atoms with Crippen LogP contribution < -0.4 is 21.7 Å². The van der Waals surface area contributed by atoms with Gasteiger partial charge in [0.2, 0.25) is 10.0 Å². The molecule has 0 saturated heterocycles. The number of aryl methyl sites for hydroxylation is 1. The van der Waals surface area contributed by atoms with Crippen LogP contribution >= 0.6 is 0 Å². The molecule has 0 fully saturated rings. The largest absolute Gasteiger partial charge is 0.330 e. The zero-order valence-corrected chi connectivity index (χ0v) is 11.9. The Morgan fingerprint density at radius 1 is 1.37 bits per heavy atom. The summed E-state index contributed by atoms with van der Waals surface area (Å²) in [7, 11) is -1.36. The fraction of sp³-hybridized carbons (Fsp3) is 0.600. The molecule has 0 spiro atoms. The molecule has 0 saturated carbocycles. The van der Waals surface area contributed by atoms with E-state index in [-0.39, 0.29) is 0 Å². The Morgan fingerprint density at radius 3 is 2.47 bits per heavy atom. The van der Waals surface area contributed by atoms with E-state index in [1.165, 1.54) is 14.1 Å². The van der Waals surface area contributed by atoms with Crippen LogP contribution in [-0.4, -0.2) is 30.1 Å². The summed E-state index contributed by atoms with van der Waals surface area (Å²) in [6.45, 7) is 1.98. The minimum absolute atomic E-state index is 0.328. The zero-order chi connectivity index (χ0) is 14.8. The van der Waals surface area contributed by atoms with Crippen LogP contribution in [0.25, 0.3) is 0 Å². The Balaban J connectivity index is 3.31. The van der Waals surface area contributed by atoms with Crippen molar-refractivity contribution in [1.29, 1.82) is 0 Å². The number of aromatic nitrogens is 2. The van der Waals surface area contributed by atoms with Gasteiger partial charge in [0.25, 0.3) is 5.56 Å². The fourth-order valence-corrected chi connectivity index (χ4v) is 3.03. The van der Waals surface area contributed by atoms with Gasteiger partial charge < -0.3 is 10.3 Å². The number of hydrogen-bond donors (Lipinski definition) is 2. The van der Waals surface area contributed by atoms with Gasteiger partial charge in [-0.25, -0.2) is 17.9 Å². The van der Waals surface area contributed by atoms with Crippen LogP contribution in [0.1, 0.15) is 13.3 Å². The molecule has 0 bridgehead atoms. The van der Waals surface area contributed by atoms with Crippen LogP contribution in [0, 0.1) is 0 Å². The van der Waals surface area contributed by atoms with Crippen molar-refractivity contribution in [2.24, 2.45) is 19.8 Å². The molecule has 1 unspecified atom stereocenters. The van der Waals surface area contributed by atoms with E-state index >= 15 is 0 Å². The van der Waals surface area contributed by atoms with E-state index in [2.05, 4.69) is 4.72 Å². The molecule has 1 heterocycles. The average molecular weight is 290 g/mol. The van der Waals surface area contributed by atoms with E-state index in [1.807, 2.05) is 0 Å². The number of nitrogens with two attached hydrogens (primary N) is 1. The van der Waals surface area contributed by atoms with E-state index in [1.54, 1.807) is 6.92 Å². The first-order valence-corrected chi connectivity index (χ1v) is 7.18. The second-order valence-corrected chi connectivity index (χ2v) is 6.03. The summed E-state index contributed by atoms with van der Waals surface area (Å²) < 4.78 is 28.3. The van der Waals surface area contributed by atoms with Gasteiger partial charge in [0.15, 0.2) is 4.90 Å². The van der Waals surface area contributed by atoms with Crippen molar-refractivity contribution in [3.05, 3.63) is 27.0 Å². The number of hydrogen-bond acceptors (Lipinski definition) is 5. The lowest BCUT2D eigenvalue weighted by Gasteiger charge is -2.13. The van der Waals surface area contributed by atoms with Gasteiger partial charge in [0.1, 0.15) is 0 Å². The summed E-state index contributed by atoms with van der Waals surface area (Å²) in [4.78, 5) is 22.9. The first kappa shape index (κ1) is 15.6. The van der Waals surface area contributed by atoms with Crippen molar-refractivity contribution in [3.8, 4) is 0 Å². The molecule has 19 heavy (non-hydrogen) atoms. The topological polar surface area (TPSA) is 116 Å². The van der Waals surface area contributed by atoms with E-state index in [0.717, 1.165) is 15.3 Å². The molecule has 3 N–H and O–H groups in total. The predicted octanol–water partition coefficient (Wildman–Crippen LogP) is -1.90. The Hall–Kier alpha value is -1.45. The summed E-state index contributed by atoms with van der Waals surface area (Å²) in [5.74, 6) is 0. The average Bonchev–Trinajstić information content (AvgIpc) is 2.30. The lowest BCUT2D eigenvalue weighted by molar-refractivity contribution is 0.543. The van der Waals surface area contributed by atoms with E-state index in [4.69, 9.17) is 5.73 Å². The van der Waals surface area contributed by atoms with Crippen LogP contribution in [-0.2, 0) is 24.1 Å². The Labute approximate surface area is 110 Å². The smallest absolute Gasteiger partial charge is 0.330 e. The number of rotatable bonds is 5. The van der Waals surface area contributed by atoms with E-state index < -0.39 is 32.2 Å². The third-order valence-electron chi connectivity index (χ3n) is 2.66. The van der Waals surface area contributed by atoms with Crippen molar-refractivity contribution in [2.45, 2.75) is 24.3 Å². The van der Waals surface area contributed by atoms with Gasteiger partial charge in [-0.1, -0.05) is 0 Å². The van der Waals surface area contributed by atoms with Gasteiger partial charge in [-0.15, -0.1) is 0 Å². The van der Waals surface area contributed by atoms with Crippen molar-refractivity contribution >= 4 is 10.0 Å². The Bertz CT molecular complexity index is 674. The summed E-state index contributed by atoms with van der Waals surface area (Å²) >= 11 is 0. The summed E-state index contributed by atoms with van der Waals surface area (Å²) in [5, 5.41) is 0. The molecule has 0 aliphatic carbocycles. The summed E-state index contributed by atoms with van der Waals surface area (Å²) in [6, 6.07) is -0.392. The number of nitrogens with one attached hydrogen (secondary N) is 1. The van der Waals surface area contributed by atoms with Gasteiger partial charge in [0.05, 0.1) is 0 Å². The molecular formula is C10H18N4O4S. The normalized spacial score (nSPS) is 13.5. The van der Waals surface area contributed by atoms with Gasteiger partial charge in [0, 0.05) is 26.3 Å². The third kappa shape index (κ3) is 3.31. The van der Waals surface area contributed by atoms with Crippen molar-refractivity contribution in [2.75, 3.05) is 6.54 Å².